The molecule has 23 heavy (non-hydrogen) atoms. The van der Waals surface area contributed by atoms with Gasteiger partial charge < -0.3 is 14.8 Å². The molecule has 1 unspecified atom stereocenters. The predicted octanol–water partition coefficient (Wildman–Crippen LogP) is 0.286. The van der Waals surface area contributed by atoms with Gasteiger partial charge in [0.1, 0.15) is 0 Å². The molecule has 1 aromatic heterocycles. The molecule has 0 radical (unpaired) electrons. The minimum Gasteiger partial charge on any atom is -0.339 e. The van der Waals surface area contributed by atoms with Gasteiger partial charge in [0.05, 0.1) is 0 Å². The summed E-state index contributed by atoms with van der Waals surface area (Å²) < 4.78 is 0. The van der Waals surface area contributed by atoms with E-state index in [1.54, 1.807) is 0 Å². The lowest BCUT2D eigenvalue weighted by Gasteiger charge is -2.25. The Labute approximate surface area is 134 Å². The number of hydrogen-bond donors (Lipinski definition) is 2. The van der Waals surface area contributed by atoms with Crippen molar-refractivity contribution in [2.45, 2.75) is 44.7 Å². The highest BCUT2D eigenvalue weighted by atomic mass is 16.2. The SMILES string of the molecule is CN(Cc1cc(=O)[nH]c(=O)[nH]1)CC1CC(=O)N(C2CCCC2)C1. The second-order valence-corrected chi connectivity index (χ2v) is 6.86. The highest BCUT2D eigenvalue weighted by Gasteiger charge is 2.35. The number of nitrogens with zero attached hydrogens (tertiary/aromatic N) is 2. The molecule has 7 nitrogen and oxygen atoms in total. The van der Waals surface area contributed by atoms with Gasteiger partial charge in [-0.05, 0) is 25.8 Å². The summed E-state index contributed by atoms with van der Waals surface area (Å²) in [6.45, 7) is 2.11. The maximum atomic E-state index is 12.2. The van der Waals surface area contributed by atoms with Crippen LogP contribution in [0.15, 0.2) is 15.7 Å². The van der Waals surface area contributed by atoms with Crippen molar-refractivity contribution in [1.82, 2.24) is 19.8 Å². The van der Waals surface area contributed by atoms with E-state index in [2.05, 4.69) is 19.8 Å². The molecule has 1 aliphatic heterocycles. The molecule has 126 valence electrons. The Morgan fingerprint density at radius 1 is 1.22 bits per heavy atom. The van der Waals surface area contributed by atoms with E-state index >= 15 is 0 Å². The van der Waals surface area contributed by atoms with Gasteiger partial charge in [-0.25, -0.2) is 4.79 Å². The highest BCUT2D eigenvalue weighted by molar-refractivity contribution is 5.79. The third kappa shape index (κ3) is 3.90. The van der Waals surface area contributed by atoms with Crippen LogP contribution in [0.4, 0.5) is 0 Å². The van der Waals surface area contributed by atoms with Crippen LogP contribution >= 0.6 is 0 Å². The van der Waals surface area contributed by atoms with Gasteiger partial charge in [0.2, 0.25) is 5.91 Å². The Morgan fingerprint density at radius 3 is 2.65 bits per heavy atom. The number of carbonyl (C=O) groups excluding carboxylic acids is 1. The molecule has 2 heterocycles. The van der Waals surface area contributed by atoms with Crippen molar-refractivity contribution in [2.75, 3.05) is 20.1 Å². The number of H-pyrrole nitrogens is 2. The summed E-state index contributed by atoms with van der Waals surface area (Å²) >= 11 is 0. The van der Waals surface area contributed by atoms with E-state index in [-0.39, 0.29) is 11.5 Å². The quantitative estimate of drug-likeness (QED) is 0.816. The van der Waals surface area contributed by atoms with Crippen molar-refractivity contribution >= 4 is 5.91 Å². The van der Waals surface area contributed by atoms with E-state index in [9.17, 15) is 14.4 Å². The number of nitrogens with one attached hydrogen (secondary N) is 2. The van der Waals surface area contributed by atoms with Gasteiger partial charge >= 0.3 is 5.69 Å². The van der Waals surface area contributed by atoms with Crippen LogP contribution in [0.2, 0.25) is 0 Å². The topological polar surface area (TPSA) is 89.3 Å². The summed E-state index contributed by atoms with van der Waals surface area (Å²) in [5, 5.41) is 0. The van der Waals surface area contributed by atoms with Crippen LogP contribution in [0.5, 0.6) is 0 Å². The van der Waals surface area contributed by atoms with E-state index < -0.39 is 5.69 Å². The molecule has 3 rings (SSSR count). The van der Waals surface area contributed by atoms with Crippen LogP contribution in [0.25, 0.3) is 0 Å². The summed E-state index contributed by atoms with van der Waals surface area (Å²) in [6, 6.07) is 1.85. The summed E-state index contributed by atoms with van der Waals surface area (Å²) in [6.07, 6.45) is 5.35. The molecule has 1 aliphatic carbocycles. The van der Waals surface area contributed by atoms with Gasteiger partial charge in [0.15, 0.2) is 0 Å². The first-order valence-electron chi connectivity index (χ1n) is 8.32. The van der Waals surface area contributed by atoms with Gasteiger partial charge in [-0.1, -0.05) is 12.8 Å². The Balaban J connectivity index is 1.55. The van der Waals surface area contributed by atoms with Crippen LogP contribution in [0, 0.1) is 5.92 Å². The number of aromatic nitrogens is 2. The molecular formula is C16H24N4O3. The molecule has 2 fully saturated rings. The molecule has 0 bridgehead atoms. The van der Waals surface area contributed by atoms with Crippen LogP contribution in [0.1, 0.15) is 37.8 Å². The Morgan fingerprint density at radius 2 is 1.96 bits per heavy atom. The lowest BCUT2D eigenvalue weighted by atomic mass is 10.1. The van der Waals surface area contributed by atoms with E-state index in [0.29, 0.717) is 30.6 Å². The smallest absolute Gasteiger partial charge is 0.325 e. The third-order valence-corrected chi connectivity index (χ3v) is 4.83. The zero-order chi connectivity index (χ0) is 16.4. The van der Waals surface area contributed by atoms with Crippen LogP contribution < -0.4 is 11.2 Å². The Kier molecular flexibility index (Phi) is 4.66. The van der Waals surface area contributed by atoms with Crippen LogP contribution in [-0.4, -0.2) is 51.9 Å². The van der Waals surface area contributed by atoms with E-state index in [1.807, 2.05) is 7.05 Å². The molecule has 1 amide bonds. The summed E-state index contributed by atoms with van der Waals surface area (Å²) in [5.74, 6) is 0.599. The molecule has 2 N–H and O–H groups in total. The fourth-order valence-corrected chi connectivity index (χ4v) is 3.90. The predicted molar refractivity (Wildman–Crippen MR) is 86.1 cm³/mol. The number of hydrogen-bond acceptors (Lipinski definition) is 4. The van der Waals surface area contributed by atoms with E-state index in [1.165, 1.54) is 18.9 Å². The lowest BCUT2D eigenvalue weighted by Crippen LogP contribution is -2.35. The number of aromatic amines is 2. The second kappa shape index (κ2) is 6.70. The van der Waals surface area contributed by atoms with Crippen molar-refractivity contribution in [3.63, 3.8) is 0 Å². The van der Waals surface area contributed by atoms with Gasteiger partial charge in [0, 0.05) is 43.9 Å². The van der Waals surface area contributed by atoms with Crippen molar-refractivity contribution in [3.05, 3.63) is 32.6 Å². The highest BCUT2D eigenvalue weighted by Crippen LogP contribution is 2.29. The zero-order valence-corrected chi connectivity index (χ0v) is 13.5. The standard InChI is InChI=1S/C16H24N4O3/c1-19(10-12-7-14(21)18-16(23)17-12)8-11-6-15(22)20(9-11)13-4-2-3-5-13/h7,11,13H,2-6,8-10H2,1H3,(H2,17,18,21,23). The number of rotatable bonds is 5. The average Bonchev–Trinajstić information content (AvgIpc) is 3.06. The molecule has 2 aliphatic rings. The molecular weight excluding hydrogens is 296 g/mol. The molecule has 1 aromatic rings. The first-order valence-corrected chi connectivity index (χ1v) is 8.32. The molecule has 0 spiro atoms. The number of carbonyl (C=O) groups is 1. The number of likely N-dealkylation sites (tertiary alicyclic amines) is 1. The van der Waals surface area contributed by atoms with Gasteiger partial charge in [-0.2, -0.15) is 0 Å². The second-order valence-electron chi connectivity index (χ2n) is 6.86. The summed E-state index contributed by atoms with van der Waals surface area (Å²) in [5.41, 5.74) is -0.275. The van der Waals surface area contributed by atoms with Crippen molar-refractivity contribution in [2.24, 2.45) is 5.92 Å². The third-order valence-electron chi connectivity index (χ3n) is 4.83. The maximum absolute atomic E-state index is 12.2. The lowest BCUT2D eigenvalue weighted by molar-refractivity contribution is -0.129. The van der Waals surface area contributed by atoms with E-state index in [0.717, 1.165) is 25.9 Å². The molecule has 1 atom stereocenters. The first kappa shape index (κ1) is 16.0. The van der Waals surface area contributed by atoms with Crippen LogP contribution in [0.3, 0.4) is 0 Å². The fourth-order valence-electron chi connectivity index (χ4n) is 3.90. The molecule has 0 aromatic carbocycles. The van der Waals surface area contributed by atoms with Gasteiger partial charge in [-0.15, -0.1) is 0 Å². The van der Waals surface area contributed by atoms with Crippen molar-refractivity contribution in [3.8, 4) is 0 Å². The van der Waals surface area contributed by atoms with Gasteiger partial charge in [0.25, 0.3) is 5.56 Å². The van der Waals surface area contributed by atoms with Gasteiger partial charge in [-0.3, -0.25) is 14.6 Å². The summed E-state index contributed by atoms with van der Waals surface area (Å²) in [4.78, 5) is 43.8. The minimum absolute atomic E-state index is 0.278. The fraction of sp³-hybridized carbons (Fsp3) is 0.688. The van der Waals surface area contributed by atoms with Crippen molar-refractivity contribution in [1.29, 1.82) is 0 Å². The monoisotopic (exact) mass is 320 g/mol. The van der Waals surface area contributed by atoms with Crippen LogP contribution in [-0.2, 0) is 11.3 Å². The first-order chi connectivity index (χ1) is 11.0. The average molecular weight is 320 g/mol. The molecule has 1 saturated carbocycles. The van der Waals surface area contributed by atoms with Crippen molar-refractivity contribution < 1.29 is 4.79 Å². The Hall–Kier alpha value is -1.89. The Bertz CT molecular complexity index is 646. The molecule has 7 heteroatoms. The van der Waals surface area contributed by atoms with E-state index in [4.69, 9.17) is 0 Å². The minimum atomic E-state index is -0.482. The zero-order valence-electron chi connectivity index (χ0n) is 13.5. The summed E-state index contributed by atoms with van der Waals surface area (Å²) in [7, 11) is 1.95. The number of amides is 1. The molecule has 1 saturated heterocycles. The normalized spacial score (nSPS) is 22.4. The largest absolute Gasteiger partial charge is 0.339 e. The maximum Gasteiger partial charge on any atom is 0.325 e.